The second-order valence-corrected chi connectivity index (χ2v) is 12.9. The van der Waals surface area contributed by atoms with Crippen molar-refractivity contribution >= 4 is 53.9 Å². The second kappa shape index (κ2) is 11.6. The Bertz CT molecular complexity index is 3110. The van der Waals surface area contributed by atoms with Gasteiger partial charge in [0, 0.05) is 0 Å². The molecule has 0 bridgehead atoms. The van der Waals surface area contributed by atoms with Crippen LogP contribution in [0.25, 0.3) is 98.4 Å². The molecule has 10 rings (SSSR count). The molecule has 10 aromatic rings. The van der Waals surface area contributed by atoms with Gasteiger partial charge in [0.1, 0.15) is 0 Å². The number of rotatable bonds is 4. The zero-order valence-electron chi connectivity index (χ0n) is 32.1. The molecule has 0 heteroatoms. The first kappa shape index (κ1) is 23.8. The summed E-state index contributed by atoms with van der Waals surface area (Å²) < 4.78 is 41.6. The summed E-state index contributed by atoms with van der Waals surface area (Å²) in [4.78, 5) is 0. The molecule has 0 spiro atoms. The van der Waals surface area contributed by atoms with Gasteiger partial charge in [0.2, 0.25) is 0 Å². The molecule has 0 fully saturated rings. The van der Waals surface area contributed by atoms with E-state index in [1.165, 1.54) is 49.0 Å². The normalized spacial score (nSPS) is 13.0. The van der Waals surface area contributed by atoms with Crippen LogP contribution in [0.15, 0.2) is 194 Å². The van der Waals surface area contributed by atoms with Crippen LogP contribution in [0.3, 0.4) is 0 Å². The molecule has 0 aliphatic heterocycles. The van der Waals surface area contributed by atoms with Crippen molar-refractivity contribution in [2.75, 3.05) is 0 Å². The molecule has 0 saturated carbocycles. The Morgan fingerprint density at radius 3 is 1.52 bits per heavy atom. The highest BCUT2D eigenvalue weighted by molar-refractivity contribution is 6.23. The third-order valence-corrected chi connectivity index (χ3v) is 10.1. The summed E-state index contributed by atoms with van der Waals surface area (Å²) in [5.74, 6) is 0. The maximum absolute atomic E-state index is 8.57. The fourth-order valence-corrected chi connectivity index (χ4v) is 7.88. The Balaban J connectivity index is 1.13. The average molecular weight is 638 g/mol. The van der Waals surface area contributed by atoms with Crippen LogP contribution in [0.5, 0.6) is 0 Å². The molecule has 0 saturated heterocycles. The van der Waals surface area contributed by atoms with Crippen LogP contribution in [0.1, 0.15) is 6.85 Å². The Hall–Kier alpha value is -6.50. The first-order valence-corrected chi connectivity index (χ1v) is 16.9. The van der Waals surface area contributed by atoms with E-state index in [1.54, 1.807) is 0 Å². The minimum Gasteiger partial charge on any atom is -0.0622 e. The van der Waals surface area contributed by atoms with Crippen LogP contribution in [0, 0.1) is 0 Å². The molecule has 0 aliphatic carbocycles. The Labute approximate surface area is 298 Å². The lowest BCUT2D eigenvalue weighted by atomic mass is 9.84. The van der Waals surface area contributed by atoms with E-state index in [0.29, 0.717) is 5.56 Å². The molecule has 0 unspecified atom stereocenters. The van der Waals surface area contributed by atoms with Gasteiger partial charge in [0.25, 0.3) is 0 Å². The van der Waals surface area contributed by atoms with Crippen molar-refractivity contribution in [3.05, 3.63) is 194 Å². The summed E-state index contributed by atoms with van der Waals surface area (Å²) in [5.41, 5.74) is 7.85. The quantitative estimate of drug-likeness (QED) is 0.133. The highest BCUT2D eigenvalue weighted by Crippen LogP contribution is 2.46. The predicted octanol–water partition coefficient (Wildman–Crippen LogP) is 14.1. The number of fused-ring (bicyclic) bond motifs is 6. The standard InChI is InChI=1S/C50H32/c1-2-13-33(14-3-1)37-29-30-38-32-47(40-18-6-7-19-41(40)48(38)31-37)35-25-27-36(28-26-35)49-43-20-8-10-22-45(43)50(46-23-11-9-21-44(46)49)42-24-12-16-34-15-4-5-17-39(34)42/h1-32H/i1D,2D,3D,13D,14D. The summed E-state index contributed by atoms with van der Waals surface area (Å²) in [5, 5.41) is 11.4. The van der Waals surface area contributed by atoms with Gasteiger partial charge in [-0.2, -0.15) is 0 Å². The van der Waals surface area contributed by atoms with E-state index in [1.807, 2.05) is 30.3 Å². The highest BCUT2D eigenvalue weighted by Gasteiger charge is 2.18. The minimum absolute atomic E-state index is 0.199. The van der Waals surface area contributed by atoms with E-state index in [9.17, 15) is 0 Å². The van der Waals surface area contributed by atoms with E-state index in [4.69, 9.17) is 6.85 Å². The second-order valence-electron chi connectivity index (χ2n) is 12.9. The van der Waals surface area contributed by atoms with E-state index >= 15 is 0 Å². The van der Waals surface area contributed by atoms with Gasteiger partial charge in [-0.25, -0.2) is 0 Å². The largest absolute Gasteiger partial charge is 0.0629 e. The van der Waals surface area contributed by atoms with Crippen molar-refractivity contribution in [3.8, 4) is 44.5 Å². The molecule has 0 aliphatic rings. The minimum atomic E-state index is -0.389. The lowest BCUT2D eigenvalue weighted by Crippen LogP contribution is -1.92. The SMILES string of the molecule is [2H]c1c([2H])c([2H])c(-c2ccc3cc(-c4ccc(-c5c6ccccc6c(-c6cccc7ccccc67)c6ccccc56)cc4)c4ccccc4c3c2)c([2H])c1[2H]. The molecule has 232 valence electrons. The summed E-state index contributed by atoms with van der Waals surface area (Å²) in [7, 11) is 0. The van der Waals surface area contributed by atoms with Gasteiger partial charge in [-0.15, -0.1) is 0 Å². The zero-order valence-corrected chi connectivity index (χ0v) is 27.1. The van der Waals surface area contributed by atoms with E-state index in [0.717, 1.165) is 38.2 Å². The Kier molecular flexibility index (Phi) is 5.50. The van der Waals surface area contributed by atoms with E-state index < -0.39 is 0 Å². The van der Waals surface area contributed by atoms with Crippen molar-refractivity contribution in [2.45, 2.75) is 0 Å². The molecule has 50 heavy (non-hydrogen) atoms. The lowest BCUT2D eigenvalue weighted by molar-refractivity contribution is 1.63. The van der Waals surface area contributed by atoms with Gasteiger partial charge >= 0.3 is 0 Å². The van der Waals surface area contributed by atoms with Crippen molar-refractivity contribution in [1.82, 2.24) is 0 Å². The Morgan fingerprint density at radius 1 is 0.280 bits per heavy atom. The summed E-state index contributed by atoms with van der Waals surface area (Å²) in [6.07, 6.45) is 0. The van der Waals surface area contributed by atoms with Crippen LogP contribution in [0.4, 0.5) is 0 Å². The predicted molar refractivity (Wildman–Crippen MR) is 216 cm³/mol. The monoisotopic (exact) mass is 637 g/mol. The summed E-state index contributed by atoms with van der Waals surface area (Å²) in [6, 6.07) is 56.5. The van der Waals surface area contributed by atoms with Crippen LogP contribution >= 0.6 is 0 Å². The molecule has 0 heterocycles. The first-order chi connectivity index (χ1) is 26.9. The van der Waals surface area contributed by atoms with Gasteiger partial charge in [-0.1, -0.05) is 182 Å². The van der Waals surface area contributed by atoms with Gasteiger partial charge in [0.05, 0.1) is 6.85 Å². The fraction of sp³-hybridized carbons (Fsp3) is 0. The van der Waals surface area contributed by atoms with Gasteiger partial charge in [0.15, 0.2) is 0 Å². The van der Waals surface area contributed by atoms with Crippen LogP contribution in [-0.4, -0.2) is 0 Å². The van der Waals surface area contributed by atoms with Crippen molar-refractivity contribution in [2.24, 2.45) is 0 Å². The molecule has 0 radical (unpaired) electrons. The van der Waals surface area contributed by atoms with E-state index in [2.05, 4.69) is 133 Å². The summed E-state index contributed by atoms with van der Waals surface area (Å²) >= 11 is 0. The maximum Gasteiger partial charge on any atom is 0.0629 e. The molecule has 0 nitrogen and oxygen atoms in total. The number of hydrogen-bond donors (Lipinski definition) is 0. The lowest BCUT2D eigenvalue weighted by Gasteiger charge is -2.19. The summed E-state index contributed by atoms with van der Waals surface area (Å²) in [6.45, 7) is 0. The first-order valence-electron chi connectivity index (χ1n) is 19.4. The number of benzene rings is 10. The third kappa shape index (κ3) is 4.54. The third-order valence-electron chi connectivity index (χ3n) is 10.1. The number of hydrogen-bond acceptors (Lipinski definition) is 0. The van der Waals surface area contributed by atoms with Gasteiger partial charge in [-0.3, -0.25) is 0 Å². The van der Waals surface area contributed by atoms with Crippen molar-refractivity contribution in [1.29, 1.82) is 0 Å². The average Bonchev–Trinajstić information content (AvgIpc) is 3.24. The van der Waals surface area contributed by atoms with Crippen LogP contribution < -0.4 is 0 Å². The van der Waals surface area contributed by atoms with Crippen LogP contribution in [-0.2, 0) is 0 Å². The zero-order chi connectivity index (χ0) is 37.4. The molecule has 0 N–H and O–H groups in total. The van der Waals surface area contributed by atoms with Gasteiger partial charge in [-0.05, 0) is 111 Å². The molecule has 10 aromatic carbocycles. The topological polar surface area (TPSA) is 0 Å². The highest BCUT2D eigenvalue weighted by atomic mass is 14.2. The van der Waals surface area contributed by atoms with Crippen molar-refractivity contribution in [3.63, 3.8) is 0 Å². The van der Waals surface area contributed by atoms with Crippen LogP contribution in [0.2, 0.25) is 0 Å². The molecular formula is C50H32. The van der Waals surface area contributed by atoms with Gasteiger partial charge < -0.3 is 0 Å². The molecular weight excluding hydrogens is 601 g/mol. The molecule has 0 amide bonds. The Morgan fingerprint density at radius 2 is 0.820 bits per heavy atom. The fourth-order valence-electron chi connectivity index (χ4n) is 7.88. The van der Waals surface area contributed by atoms with Crippen molar-refractivity contribution < 1.29 is 6.85 Å². The maximum atomic E-state index is 8.57. The van der Waals surface area contributed by atoms with E-state index in [-0.39, 0.29) is 35.8 Å². The molecule has 0 aromatic heterocycles. The molecule has 0 atom stereocenters. The smallest absolute Gasteiger partial charge is 0.0622 e.